The number of hydrogen-bond acceptors (Lipinski definition) is 3. The lowest BCUT2D eigenvalue weighted by Crippen LogP contribution is -2.23. The zero-order chi connectivity index (χ0) is 19.7. The maximum Gasteiger partial charge on any atom is 0.259 e. The molecular formula is C21H19BrN4O2. The minimum absolute atomic E-state index is 0.146. The van der Waals surface area contributed by atoms with Crippen LogP contribution in [0.3, 0.4) is 0 Å². The molecule has 1 aromatic heterocycles. The third-order valence-corrected chi connectivity index (χ3v) is 5.36. The smallest absolute Gasteiger partial charge is 0.259 e. The van der Waals surface area contributed by atoms with Crippen LogP contribution >= 0.6 is 15.9 Å². The van der Waals surface area contributed by atoms with Crippen molar-refractivity contribution < 1.29 is 9.59 Å². The van der Waals surface area contributed by atoms with Crippen LogP contribution < -0.4 is 10.2 Å². The Hall–Kier alpha value is -2.93. The summed E-state index contributed by atoms with van der Waals surface area (Å²) >= 11 is 3.42. The van der Waals surface area contributed by atoms with Gasteiger partial charge >= 0.3 is 0 Å². The first kappa shape index (κ1) is 18.4. The fourth-order valence-electron chi connectivity index (χ4n) is 3.32. The van der Waals surface area contributed by atoms with Crippen LogP contribution in [-0.2, 0) is 4.79 Å². The molecule has 0 unspecified atom stereocenters. The molecular weight excluding hydrogens is 420 g/mol. The number of carbonyl (C=O) groups excluding carboxylic acids is 2. The van der Waals surface area contributed by atoms with Crippen LogP contribution in [0.4, 0.5) is 11.4 Å². The highest BCUT2D eigenvalue weighted by molar-refractivity contribution is 9.10. The maximum absolute atomic E-state index is 12.7. The number of carbonyl (C=O) groups is 2. The van der Waals surface area contributed by atoms with E-state index < -0.39 is 0 Å². The molecule has 1 N–H and O–H groups in total. The summed E-state index contributed by atoms with van der Waals surface area (Å²) in [6, 6.07) is 15.1. The summed E-state index contributed by atoms with van der Waals surface area (Å²) in [4.78, 5) is 26.3. The average Bonchev–Trinajstić information content (AvgIpc) is 3.29. The normalized spacial score (nSPS) is 13.8. The lowest BCUT2D eigenvalue weighted by Gasteiger charge is -2.16. The molecule has 0 atom stereocenters. The number of hydrogen-bond donors (Lipinski definition) is 1. The van der Waals surface area contributed by atoms with Gasteiger partial charge in [-0.15, -0.1) is 0 Å². The van der Waals surface area contributed by atoms with Crippen molar-refractivity contribution in [1.82, 2.24) is 9.78 Å². The van der Waals surface area contributed by atoms with Crippen molar-refractivity contribution in [3.8, 4) is 5.69 Å². The van der Waals surface area contributed by atoms with Gasteiger partial charge in [0.05, 0.1) is 23.1 Å². The number of nitrogens with zero attached hydrogens (tertiary/aromatic N) is 3. The van der Waals surface area contributed by atoms with Crippen molar-refractivity contribution in [3.05, 3.63) is 70.5 Å². The summed E-state index contributed by atoms with van der Waals surface area (Å²) in [5, 5.41) is 7.25. The second-order valence-electron chi connectivity index (χ2n) is 6.68. The topological polar surface area (TPSA) is 67.2 Å². The Morgan fingerprint density at radius 1 is 1.07 bits per heavy atom. The Morgan fingerprint density at radius 3 is 2.39 bits per heavy atom. The van der Waals surface area contributed by atoms with E-state index in [0.717, 1.165) is 34.5 Å². The zero-order valence-corrected chi connectivity index (χ0v) is 16.9. The maximum atomic E-state index is 12.7. The molecule has 6 nitrogen and oxygen atoms in total. The Bertz CT molecular complexity index is 1030. The van der Waals surface area contributed by atoms with Gasteiger partial charge < -0.3 is 10.2 Å². The highest BCUT2D eigenvalue weighted by Crippen LogP contribution is 2.24. The van der Waals surface area contributed by atoms with E-state index in [2.05, 4.69) is 26.3 Å². The molecule has 4 rings (SSSR count). The summed E-state index contributed by atoms with van der Waals surface area (Å²) in [6.45, 7) is 2.62. The molecule has 1 saturated heterocycles. The molecule has 2 heterocycles. The molecule has 3 aromatic rings. The molecule has 2 amide bonds. The van der Waals surface area contributed by atoms with E-state index in [1.165, 1.54) is 0 Å². The highest BCUT2D eigenvalue weighted by atomic mass is 79.9. The van der Waals surface area contributed by atoms with Gasteiger partial charge in [-0.25, -0.2) is 4.68 Å². The molecule has 0 spiro atoms. The van der Waals surface area contributed by atoms with Crippen LogP contribution in [-0.4, -0.2) is 28.1 Å². The summed E-state index contributed by atoms with van der Waals surface area (Å²) < 4.78 is 2.72. The molecule has 0 saturated carbocycles. The monoisotopic (exact) mass is 438 g/mol. The van der Waals surface area contributed by atoms with Crippen molar-refractivity contribution in [2.24, 2.45) is 0 Å². The van der Waals surface area contributed by atoms with Gasteiger partial charge in [-0.05, 0) is 61.9 Å². The number of anilines is 2. The van der Waals surface area contributed by atoms with Crippen LogP contribution in [0.15, 0.2) is 59.2 Å². The third kappa shape index (κ3) is 3.57. The Morgan fingerprint density at radius 2 is 1.75 bits per heavy atom. The van der Waals surface area contributed by atoms with Crippen molar-refractivity contribution in [3.63, 3.8) is 0 Å². The summed E-state index contributed by atoms with van der Waals surface area (Å²) in [6.07, 6.45) is 3.06. The molecule has 1 fully saturated rings. The van der Waals surface area contributed by atoms with Gasteiger partial charge in [-0.1, -0.05) is 15.9 Å². The zero-order valence-electron chi connectivity index (χ0n) is 15.4. The van der Waals surface area contributed by atoms with Gasteiger partial charge in [0.1, 0.15) is 0 Å². The lowest BCUT2D eigenvalue weighted by molar-refractivity contribution is -0.117. The van der Waals surface area contributed by atoms with Gasteiger partial charge in [0.25, 0.3) is 5.91 Å². The van der Waals surface area contributed by atoms with Gasteiger partial charge in [0.2, 0.25) is 5.91 Å². The van der Waals surface area contributed by atoms with Crippen LogP contribution in [0.1, 0.15) is 28.9 Å². The number of aromatic nitrogens is 2. The van der Waals surface area contributed by atoms with Crippen LogP contribution in [0.2, 0.25) is 0 Å². The van der Waals surface area contributed by atoms with Crippen LogP contribution in [0.5, 0.6) is 0 Å². The number of rotatable bonds is 4. The van der Waals surface area contributed by atoms with Crippen molar-refractivity contribution in [2.45, 2.75) is 19.8 Å². The van der Waals surface area contributed by atoms with E-state index in [4.69, 9.17) is 0 Å². The second-order valence-corrected chi connectivity index (χ2v) is 7.60. The van der Waals surface area contributed by atoms with E-state index in [1.54, 1.807) is 15.8 Å². The van der Waals surface area contributed by atoms with Gasteiger partial charge in [0, 0.05) is 28.8 Å². The van der Waals surface area contributed by atoms with E-state index in [1.807, 2.05) is 55.5 Å². The molecule has 28 heavy (non-hydrogen) atoms. The van der Waals surface area contributed by atoms with Crippen molar-refractivity contribution in [1.29, 1.82) is 0 Å². The van der Waals surface area contributed by atoms with Crippen LogP contribution in [0.25, 0.3) is 5.69 Å². The molecule has 1 aliphatic rings. The molecule has 7 heteroatoms. The summed E-state index contributed by atoms with van der Waals surface area (Å²) in [7, 11) is 0. The molecule has 0 bridgehead atoms. The molecule has 0 aliphatic carbocycles. The first-order chi connectivity index (χ1) is 13.5. The van der Waals surface area contributed by atoms with E-state index in [0.29, 0.717) is 17.7 Å². The minimum Gasteiger partial charge on any atom is -0.322 e. The Kier molecular flexibility index (Phi) is 5.00. The number of nitrogens with one attached hydrogen (secondary N) is 1. The average molecular weight is 439 g/mol. The van der Waals surface area contributed by atoms with Gasteiger partial charge in [0.15, 0.2) is 0 Å². The Labute approximate surface area is 171 Å². The molecule has 1 aliphatic heterocycles. The van der Waals surface area contributed by atoms with E-state index in [9.17, 15) is 9.59 Å². The van der Waals surface area contributed by atoms with Gasteiger partial charge in [-0.2, -0.15) is 5.10 Å². The summed E-state index contributed by atoms with van der Waals surface area (Å²) in [5.41, 5.74) is 3.70. The summed E-state index contributed by atoms with van der Waals surface area (Å²) in [5.74, 6) is -0.0707. The standard InChI is InChI=1S/C21H19BrN4O2/c1-14-19(13-23-26(14)18-8-4-15(22)5-9-18)21(28)24-16-6-10-17(11-7-16)25-12-2-3-20(25)27/h4-11,13H,2-3,12H2,1H3,(H,24,28). The fraction of sp³-hybridized carbons (Fsp3) is 0.190. The fourth-order valence-corrected chi connectivity index (χ4v) is 3.58. The highest BCUT2D eigenvalue weighted by Gasteiger charge is 2.21. The Balaban J connectivity index is 1.49. The van der Waals surface area contributed by atoms with Crippen LogP contribution in [0, 0.1) is 6.92 Å². The number of amides is 2. The van der Waals surface area contributed by atoms with E-state index >= 15 is 0 Å². The third-order valence-electron chi connectivity index (χ3n) is 4.84. The van der Waals surface area contributed by atoms with Crippen molar-refractivity contribution in [2.75, 3.05) is 16.8 Å². The SMILES string of the molecule is Cc1c(C(=O)Nc2ccc(N3CCCC3=O)cc2)cnn1-c1ccc(Br)cc1. The number of halogens is 1. The largest absolute Gasteiger partial charge is 0.322 e. The molecule has 2 aromatic carbocycles. The second kappa shape index (κ2) is 7.59. The quantitative estimate of drug-likeness (QED) is 0.659. The van der Waals surface area contributed by atoms with Crippen molar-refractivity contribution >= 4 is 39.1 Å². The lowest BCUT2D eigenvalue weighted by atomic mass is 10.2. The molecule has 142 valence electrons. The van der Waals surface area contributed by atoms with Gasteiger partial charge in [-0.3, -0.25) is 9.59 Å². The minimum atomic E-state index is -0.217. The predicted octanol–water partition coefficient (Wildman–Crippen LogP) is 4.32. The number of benzene rings is 2. The van der Waals surface area contributed by atoms with E-state index in [-0.39, 0.29) is 11.8 Å². The predicted molar refractivity (Wildman–Crippen MR) is 112 cm³/mol. The first-order valence-electron chi connectivity index (χ1n) is 9.05. The first-order valence-corrected chi connectivity index (χ1v) is 9.84. The molecule has 0 radical (unpaired) electrons.